The van der Waals surface area contributed by atoms with Crippen LogP contribution in [0.5, 0.6) is 0 Å². The molecule has 0 saturated heterocycles. The van der Waals surface area contributed by atoms with E-state index in [2.05, 4.69) is 115 Å². The summed E-state index contributed by atoms with van der Waals surface area (Å²) in [4.78, 5) is 1.27. The van der Waals surface area contributed by atoms with E-state index in [4.69, 9.17) is 4.74 Å². The van der Waals surface area contributed by atoms with Crippen molar-refractivity contribution in [3.63, 3.8) is 0 Å². The van der Waals surface area contributed by atoms with Crippen LogP contribution in [0, 0.1) is 0 Å². The van der Waals surface area contributed by atoms with Crippen LogP contribution in [-0.2, 0) is 4.74 Å². The average molecular weight is 495 g/mol. The molecule has 4 aromatic rings. The van der Waals surface area contributed by atoms with Crippen molar-refractivity contribution in [3.05, 3.63) is 180 Å². The van der Waals surface area contributed by atoms with E-state index in [1.165, 1.54) is 21.6 Å². The van der Waals surface area contributed by atoms with Crippen molar-refractivity contribution in [2.45, 2.75) is 5.25 Å². The first-order valence-electron chi connectivity index (χ1n) is 12.5. The van der Waals surface area contributed by atoms with Crippen LogP contribution in [0.4, 0.5) is 0 Å². The molecule has 0 bridgehead atoms. The van der Waals surface area contributed by atoms with E-state index in [-0.39, 0.29) is 5.25 Å². The number of rotatable bonds is 5. The lowest BCUT2D eigenvalue weighted by Crippen LogP contribution is -2.05. The zero-order valence-electron chi connectivity index (χ0n) is 20.3. The molecule has 0 amide bonds. The number of hydrogen-bond donors (Lipinski definition) is 0. The topological polar surface area (TPSA) is 9.23 Å². The molecule has 0 radical (unpaired) electrons. The van der Waals surface area contributed by atoms with E-state index < -0.39 is 0 Å². The molecule has 6 rings (SSSR count). The van der Waals surface area contributed by atoms with Gasteiger partial charge in [0.1, 0.15) is 11.5 Å². The van der Waals surface area contributed by atoms with E-state index in [1.807, 2.05) is 48.2 Å². The summed E-state index contributed by atoms with van der Waals surface area (Å²) in [6.07, 6.45) is 11.3. The summed E-state index contributed by atoms with van der Waals surface area (Å²) < 4.78 is 6.41. The number of allylic oxidation sites excluding steroid dienone is 5. The molecule has 0 aromatic heterocycles. The van der Waals surface area contributed by atoms with Crippen LogP contribution in [0.25, 0.3) is 22.0 Å². The Morgan fingerprint density at radius 2 is 0.973 bits per heavy atom. The molecule has 0 saturated carbocycles. The van der Waals surface area contributed by atoms with Gasteiger partial charge in [-0.15, -0.1) is 11.8 Å². The van der Waals surface area contributed by atoms with Crippen LogP contribution < -0.4 is 0 Å². The molecule has 1 atom stereocenters. The third-order valence-electron chi connectivity index (χ3n) is 6.35. The zero-order valence-corrected chi connectivity index (χ0v) is 21.1. The summed E-state index contributed by atoms with van der Waals surface area (Å²) in [6, 6.07) is 41.9. The van der Waals surface area contributed by atoms with Gasteiger partial charge in [0.25, 0.3) is 0 Å². The molecule has 2 heterocycles. The molecule has 0 spiro atoms. The van der Waals surface area contributed by atoms with Gasteiger partial charge in [0, 0.05) is 21.3 Å². The Kier molecular flexibility index (Phi) is 6.74. The van der Waals surface area contributed by atoms with E-state index >= 15 is 0 Å². The molecular weight excluding hydrogens is 468 g/mol. The fourth-order valence-corrected chi connectivity index (χ4v) is 5.72. The summed E-state index contributed by atoms with van der Waals surface area (Å²) in [5.74, 6) is 1.72. The maximum atomic E-state index is 6.41. The van der Waals surface area contributed by atoms with Crippen LogP contribution in [0.2, 0.25) is 0 Å². The number of hydrogen-bond acceptors (Lipinski definition) is 2. The van der Waals surface area contributed by atoms with Crippen molar-refractivity contribution in [1.82, 2.24) is 0 Å². The lowest BCUT2D eigenvalue weighted by atomic mass is 10.0. The van der Waals surface area contributed by atoms with Gasteiger partial charge in [0.2, 0.25) is 0 Å². The SMILES string of the molecule is C(=C1C=C(c2ccccc2)OC(c2ccccc2)=C1)C1C=C(c2ccccc2)C=C(c2ccccc2)S1. The number of thioether (sulfide) groups is 1. The minimum Gasteiger partial charge on any atom is -0.456 e. The van der Waals surface area contributed by atoms with Gasteiger partial charge in [-0.2, -0.15) is 0 Å². The smallest absolute Gasteiger partial charge is 0.135 e. The maximum absolute atomic E-state index is 6.41. The van der Waals surface area contributed by atoms with Crippen molar-refractivity contribution in [2.75, 3.05) is 0 Å². The lowest BCUT2D eigenvalue weighted by molar-refractivity contribution is 0.467. The van der Waals surface area contributed by atoms with Gasteiger partial charge in [0.05, 0.1) is 0 Å². The van der Waals surface area contributed by atoms with Gasteiger partial charge >= 0.3 is 0 Å². The van der Waals surface area contributed by atoms with Gasteiger partial charge in [-0.25, -0.2) is 0 Å². The average Bonchev–Trinajstić information content (AvgIpc) is 2.99. The molecule has 4 aromatic carbocycles. The van der Waals surface area contributed by atoms with Crippen LogP contribution in [0.15, 0.2) is 157 Å². The molecule has 1 unspecified atom stereocenters. The zero-order chi connectivity index (χ0) is 24.9. The Hall–Kier alpha value is -4.27. The predicted octanol–water partition coefficient (Wildman–Crippen LogP) is 9.27. The largest absolute Gasteiger partial charge is 0.456 e. The maximum Gasteiger partial charge on any atom is 0.135 e. The Morgan fingerprint density at radius 1 is 0.514 bits per heavy atom. The molecule has 2 heteroatoms. The second kappa shape index (κ2) is 10.8. The second-order valence-corrected chi connectivity index (χ2v) is 10.2. The van der Waals surface area contributed by atoms with E-state index in [0.29, 0.717) is 0 Å². The minimum atomic E-state index is 0.171. The first kappa shape index (κ1) is 23.1. The number of ether oxygens (including phenoxy) is 1. The molecule has 37 heavy (non-hydrogen) atoms. The van der Waals surface area contributed by atoms with E-state index in [1.54, 1.807) is 0 Å². The molecule has 0 aliphatic carbocycles. The van der Waals surface area contributed by atoms with Crippen LogP contribution in [-0.4, -0.2) is 5.25 Å². The summed E-state index contributed by atoms with van der Waals surface area (Å²) in [5, 5.41) is 0.171. The molecule has 2 aliphatic heterocycles. The molecule has 2 aliphatic rings. The quantitative estimate of drug-likeness (QED) is 0.273. The standard InChI is InChI=1S/C35H26OS/c1-5-13-27(14-6-1)31-24-32(37-35(25-31)30-19-11-4-12-20-30)21-26-22-33(28-15-7-2-8-16-28)36-34(23-26)29-17-9-3-10-18-29/h1-25,32H. The highest BCUT2D eigenvalue weighted by Gasteiger charge is 2.20. The number of benzene rings is 4. The highest BCUT2D eigenvalue weighted by molar-refractivity contribution is 8.09. The van der Waals surface area contributed by atoms with Crippen LogP contribution >= 0.6 is 11.8 Å². The summed E-state index contributed by atoms with van der Waals surface area (Å²) in [7, 11) is 0. The van der Waals surface area contributed by atoms with Gasteiger partial charge in [-0.05, 0) is 40.5 Å². The second-order valence-electron chi connectivity index (χ2n) is 8.96. The van der Waals surface area contributed by atoms with Crippen LogP contribution in [0.3, 0.4) is 0 Å². The summed E-state index contributed by atoms with van der Waals surface area (Å²) in [5.41, 5.74) is 6.98. The lowest BCUT2D eigenvalue weighted by Gasteiger charge is -2.22. The van der Waals surface area contributed by atoms with Gasteiger partial charge in [-0.1, -0.05) is 133 Å². The van der Waals surface area contributed by atoms with Gasteiger partial charge in [0.15, 0.2) is 0 Å². The highest BCUT2D eigenvalue weighted by Crippen LogP contribution is 2.41. The van der Waals surface area contributed by atoms with Crippen molar-refractivity contribution in [1.29, 1.82) is 0 Å². The monoisotopic (exact) mass is 494 g/mol. The highest BCUT2D eigenvalue weighted by atomic mass is 32.2. The Morgan fingerprint density at radius 3 is 1.49 bits per heavy atom. The van der Waals surface area contributed by atoms with Crippen LogP contribution in [0.1, 0.15) is 22.3 Å². The Labute approximate surface area is 222 Å². The fourth-order valence-electron chi connectivity index (χ4n) is 4.52. The third-order valence-corrected chi connectivity index (χ3v) is 7.50. The molecular formula is C35H26OS. The molecule has 0 fully saturated rings. The Balaban J connectivity index is 1.42. The Bertz CT molecular complexity index is 1470. The van der Waals surface area contributed by atoms with E-state index in [9.17, 15) is 0 Å². The minimum absolute atomic E-state index is 0.171. The molecule has 1 nitrogen and oxygen atoms in total. The summed E-state index contributed by atoms with van der Waals surface area (Å²) in [6.45, 7) is 0. The van der Waals surface area contributed by atoms with Gasteiger partial charge < -0.3 is 4.74 Å². The molecule has 0 N–H and O–H groups in total. The normalized spacial score (nSPS) is 17.1. The fraction of sp³-hybridized carbons (Fsp3) is 0.0286. The predicted molar refractivity (Wildman–Crippen MR) is 158 cm³/mol. The van der Waals surface area contributed by atoms with Crippen molar-refractivity contribution >= 4 is 33.8 Å². The molecule has 178 valence electrons. The van der Waals surface area contributed by atoms with Gasteiger partial charge in [-0.3, -0.25) is 0 Å². The van der Waals surface area contributed by atoms with Crippen molar-refractivity contribution < 1.29 is 4.74 Å². The third kappa shape index (κ3) is 5.45. The first-order chi connectivity index (χ1) is 18.3. The van der Waals surface area contributed by atoms with Crippen molar-refractivity contribution in [3.8, 4) is 0 Å². The summed E-state index contributed by atoms with van der Waals surface area (Å²) >= 11 is 1.88. The van der Waals surface area contributed by atoms with Crippen molar-refractivity contribution in [2.24, 2.45) is 0 Å². The van der Waals surface area contributed by atoms with E-state index in [0.717, 1.165) is 28.2 Å². The first-order valence-corrected chi connectivity index (χ1v) is 13.3.